The van der Waals surface area contributed by atoms with Crippen LogP contribution in [0.15, 0.2) is 36.5 Å². The van der Waals surface area contributed by atoms with E-state index < -0.39 is 0 Å². The van der Waals surface area contributed by atoms with Gasteiger partial charge in [0.1, 0.15) is 0 Å². The molecule has 0 atom stereocenters. The highest BCUT2D eigenvalue weighted by molar-refractivity contribution is 4.97. The summed E-state index contributed by atoms with van der Waals surface area (Å²) in [6.45, 7) is 4.50. The first-order valence-corrected chi connectivity index (χ1v) is 7.86. The zero-order valence-corrected chi connectivity index (χ0v) is 12.5. The van der Waals surface area contributed by atoms with Gasteiger partial charge < -0.3 is 0 Å². The van der Waals surface area contributed by atoms with Crippen LogP contribution in [-0.4, -0.2) is 0 Å². The molecule has 0 radical (unpaired) electrons. The van der Waals surface area contributed by atoms with Crippen LogP contribution >= 0.6 is 0 Å². The molecule has 0 aromatic heterocycles. The maximum Gasteiger partial charge on any atom is -0.0169 e. The topological polar surface area (TPSA) is 0 Å². The lowest BCUT2D eigenvalue weighted by Crippen LogP contribution is -1.71. The van der Waals surface area contributed by atoms with E-state index in [9.17, 15) is 0 Å². The second-order valence-electron chi connectivity index (χ2n) is 4.88. The molecule has 0 heteroatoms. The van der Waals surface area contributed by atoms with E-state index in [2.05, 4.69) is 50.3 Å². The van der Waals surface area contributed by atoms with E-state index >= 15 is 0 Å². The maximum absolute atomic E-state index is 2.32. The standard InChI is InChI=1S/C18H32/c1-3-5-7-9-11-13-15-17-18-16-14-12-10-8-6-4-2/h11-14,17-18H,3-10,15-16H2,1-2H3/b13-11-,14-12?,18-17?. The molecule has 0 nitrogen and oxygen atoms in total. The molecular formula is C18H32. The zero-order valence-electron chi connectivity index (χ0n) is 12.5. The van der Waals surface area contributed by atoms with E-state index in [1.807, 2.05) is 0 Å². The predicted molar refractivity (Wildman–Crippen MR) is 84.9 cm³/mol. The van der Waals surface area contributed by atoms with Crippen LogP contribution in [0.2, 0.25) is 0 Å². The largest absolute Gasteiger partial charge is 0.0882 e. The lowest BCUT2D eigenvalue weighted by Gasteiger charge is -1.91. The van der Waals surface area contributed by atoms with Gasteiger partial charge in [-0.15, -0.1) is 0 Å². The minimum absolute atomic E-state index is 1.09. The highest BCUT2D eigenvalue weighted by atomic mass is 13.9. The van der Waals surface area contributed by atoms with Gasteiger partial charge in [-0.2, -0.15) is 0 Å². The molecule has 0 fully saturated rings. The van der Waals surface area contributed by atoms with Crippen molar-refractivity contribution in [3.05, 3.63) is 36.5 Å². The maximum atomic E-state index is 2.32. The Morgan fingerprint density at radius 2 is 0.889 bits per heavy atom. The fourth-order valence-corrected chi connectivity index (χ4v) is 1.80. The lowest BCUT2D eigenvalue weighted by molar-refractivity contribution is 0.728. The van der Waals surface area contributed by atoms with Gasteiger partial charge in [0, 0.05) is 0 Å². The van der Waals surface area contributed by atoms with Crippen molar-refractivity contribution in [3.63, 3.8) is 0 Å². The van der Waals surface area contributed by atoms with Crippen molar-refractivity contribution in [1.29, 1.82) is 0 Å². The summed E-state index contributed by atoms with van der Waals surface area (Å²) < 4.78 is 0. The average Bonchev–Trinajstić information content (AvgIpc) is 2.39. The van der Waals surface area contributed by atoms with Gasteiger partial charge >= 0.3 is 0 Å². The third-order valence-electron chi connectivity index (χ3n) is 2.99. The smallest absolute Gasteiger partial charge is 0.0169 e. The highest BCUT2D eigenvalue weighted by Crippen LogP contribution is 2.02. The summed E-state index contributed by atoms with van der Waals surface area (Å²) in [4.78, 5) is 0. The highest BCUT2D eigenvalue weighted by Gasteiger charge is 1.81. The Morgan fingerprint density at radius 1 is 0.500 bits per heavy atom. The molecule has 0 N–H and O–H groups in total. The number of hydrogen-bond acceptors (Lipinski definition) is 0. The van der Waals surface area contributed by atoms with Crippen molar-refractivity contribution in [3.8, 4) is 0 Å². The van der Waals surface area contributed by atoms with Gasteiger partial charge in [-0.05, 0) is 38.5 Å². The fraction of sp³-hybridized carbons (Fsp3) is 0.667. The molecule has 0 aliphatic carbocycles. The van der Waals surface area contributed by atoms with Gasteiger partial charge in [0.15, 0.2) is 0 Å². The Bertz CT molecular complexity index is 196. The summed E-state index contributed by atoms with van der Waals surface area (Å²) in [7, 11) is 0. The first kappa shape index (κ1) is 17.2. The van der Waals surface area contributed by atoms with Crippen molar-refractivity contribution in [2.75, 3.05) is 0 Å². The first-order valence-electron chi connectivity index (χ1n) is 7.86. The van der Waals surface area contributed by atoms with Gasteiger partial charge in [-0.3, -0.25) is 0 Å². The van der Waals surface area contributed by atoms with Gasteiger partial charge in [0.25, 0.3) is 0 Å². The van der Waals surface area contributed by atoms with E-state index in [4.69, 9.17) is 0 Å². The molecule has 0 rings (SSSR count). The quantitative estimate of drug-likeness (QED) is 0.270. The molecule has 0 saturated heterocycles. The molecule has 0 aliphatic heterocycles. The Kier molecular flexibility index (Phi) is 15.5. The SMILES string of the molecule is CCCCCC=CCC=CC/C=C\CCCCC. The summed E-state index contributed by atoms with van der Waals surface area (Å²) in [6.07, 6.45) is 26.5. The Hall–Kier alpha value is -0.780. The summed E-state index contributed by atoms with van der Waals surface area (Å²) in [5, 5.41) is 0. The van der Waals surface area contributed by atoms with Crippen LogP contribution in [0.3, 0.4) is 0 Å². The molecule has 0 aromatic rings. The van der Waals surface area contributed by atoms with Crippen molar-refractivity contribution >= 4 is 0 Å². The van der Waals surface area contributed by atoms with Crippen molar-refractivity contribution in [1.82, 2.24) is 0 Å². The second-order valence-corrected chi connectivity index (χ2v) is 4.88. The third kappa shape index (κ3) is 15.2. The molecule has 0 bridgehead atoms. The molecule has 0 saturated carbocycles. The summed E-state index contributed by atoms with van der Waals surface area (Å²) in [5.41, 5.74) is 0. The van der Waals surface area contributed by atoms with Crippen LogP contribution in [0.5, 0.6) is 0 Å². The molecule has 0 amide bonds. The number of allylic oxidation sites excluding steroid dienone is 6. The fourth-order valence-electron chi connectivity index (χ4n) is 1.80. The monoisotopic (exact) mass is 248 g/mol. The normalized spacial score (nSPS) is 12.3. The van der Waals surface area contributed by atoms with Crippen LogP contribution in [-0.2, 0) is 0 Å². The number of hydrogen-bond donors (Lipinski definition) is 0. The minimum atomic E-state index is 1.09. The van der Waals surface area contributed by atoms with Crippen LogP contribution in [0.25, 0.3) is 0 Å². The summed E-state index contributed by atoms with van der Waals surface area (Å²) in [5.74, 6) is 0. The molecular weight excluding hydrogens is 216 g/mol. The minimum Gasteiger partial charge on any atom is -0.0882 e. The van der Waals surface area contributed by atoms with Gasteiger partial charge in [-0.25, -0.2) is 0 Å². The predicted octanol–water partition coefficient (Wildman–Crippen LogP) is 6.60. The third-order valence-corrected chi connectivity index (χ3v) is 2.99. The van der Waals surface area contributed by atoms with Crippen LogP contribution in [0, 0.1) is 0 Å². The molecule has 104 valence electrons. The van der Waals surface area contributed by atoms with E-state index in [-0.39, 0.29) is 0 Å². The lowest BCUT2D eigenvalue weighted by atomic mass is 10.2. The Labute approximate surface area is 115 Å². The molecule has 0 unspecified atom stereocenters. The molecule has 0 heterocycles. The van der Waals surface area contributed by atoms with E-state index in [1.165, 1.54) is 51.4 Å². The Morgan fingerprint density at radius 3 is 1.28 bits per heavy atom. The second kappa shape index (κ2) is 16.2. The molecule has 0 aromatic carbocycles. The first-order chi connectivity index (χ1) is 8.91. The van der Waals surface area contributed by atoms with Crippen molar-refractivity contribution < 1.29 is 0 Å². The number of unbranched alkanes of at least 4 members (excludes halogenated alkanes) is 6. The van der Waals surface area contributed by atoms with Crippen LogP contribution in [0.4, 0.5) is 0 Å². The van der Waals surface area contributed by atoms with Crippen LogP contribution < -0.4 is 0 Å². The van der Waals surface area contributed by atoms with Crippen molar-refractivity contribution in [2.45, 2.75) is 78.1 Å². The average molecular weight is 248 g/mol. The van der Waals surface area contributed by atoms with E-state index in [0.29, 0.717) is 0 Å². The van der Waals surface area contributed by atoms with E-state index in [0.717, 1.165) is 12.8 Å². The zero-order chi connectivity index (χ0) is 13.3. The van der Waals surface area contributed by atoms with Crippen molar-refractivity contribution in [2.24, 2.45) is 0 Å². The molecule has 0 aliphatic rings. The van der Waals surface area contributed by atoms with E-state index in [1.54, 1.807) is 0 Å². The van der Waals surface area contributed by atoms with Gasteiger partial charge in [0.05, 0.1) is 0 Å². The summed E-state index contributed by atoms with van der Waals surface area (Å²) in [6, 6.07) is 0. The summed E-state index contributed by atoms with van der Waals surface area (Å²) >= 11 is 0. The van der Waals surface area contributed by atoms with Crippen LogP contribution in [0.1, 0.15) is 78.1 Å². The molecule has 0 spiro atoms. The Balaban J connectivity index is 3.27. The molecule has 18 heavy (non-hydrogen) atoms. The number of rotatable bonds is 12. The van der Waals surface area contributed by atoms with Gasteiger partial charge in [0.2, 0.25) is 0 Å². The van der Waals surface area contributed by atoms with Gasteiger partial charge in [-0.1, -0.05) is 76.0 Å².